The Kier molecular flexibility index (Phi) is 24.6. The molecule has 0 radical (unpaired) electrons. The average Bonchev–Trinajstić information content (AvgIpc) is 3.80. The van der Waals surface area contributed by atoms with Crippen molar-refractivity contribution in [3.8, 4) is 0 Å². The molecule has 0 aromatic heterocycles. The van der Waals surface area contributed by atoms with Gasteiger partial charge in [-0.3, -0.25) is 47.9 Å². The molecule has 0 aromatic rings. The van der Waals surface area contributed by atoms with Crippen molar-refractivity contribution in [1.82, 2.24) is 47.4 Å². The minimum absolute atomic E-state index is 0.255. The van der Waals surface area contributed by atoms with Crippen LogP contribution in [-0.4, -0.2) is 223 Å². The molecule has 0 bridgehead atoms. The third kappa shape index (κ3) is 17.6. The SMILES string of the molecule is CC[C@H](C)[C@H](NC(=O)CNC(=O)[C@@H](NC(=O)[C@@H](NC(=O)[C@@H](NC(=O)[C@@H]1CCCN1C(C)=O)[C@@H](C)O)[C@@H](C)O)[C@@H](C)O[C@H]1O[C@H](CO)[C@H](O)[C@H](O)[C@H]1NC(C)=O)C(=O)N[C@@H](CO)C(=O)N[C@H](C(N)=O)[C@@H](C)O. The number of hydrogen-bond acceptors (Lipinski definition) is 19. The maximum Gasteiger partial charge on any atom is 0.245 e. The molecule has 404 valence electrons. The molecule has 71 heavy (non-hydrogen) atoms. The Morgan fingerprint density at radius 2 is 1.24 bits per heavy atom. The molecule has 0 spiro atoms. The van der Waals surface area contributed by atoms with Crippen LogP contribution in [0.5, 0.6) is 0 Å². The van der Waals surface area contributed by atoms with Gasteiger partial charge in [-0.1, -0.05) is 20.3 Å². The number of aliphatic hydroxyl groups excluding tert-OH is 7. The van der Waals surface area contributed by atoms with Crippen molar-refractivity contribution < 1.29 is 93.2 Å². The number of aliphatic hydroxyl groups is 7. The van der Waals surface area contributed by atoms with Crippen molar-refractivity contribution in [2.45, 2.75) is 172 Å². The number of primary amides is 1. The zero-order valence-corrected chi connectivity index (χ0v) is 40.8. The fourth-order valence-electron chi connectivity index (χ4n) is 7.58. The van der Waals surface area contributed by atoms with Gasteiger partial charge < -0.3 is 98.4 Å². The van der Waals surface area contributed by atoms with E-state index in [0.717, 1.165) is 27.7 Å². The largest absolute Gasteiger partial charge is 0.394 e. The summed E-state index contributed by atoms with van der Waals surface area (Å²) in [6, 6.07) is -12.9. The van der Waals surface area contributed by atoms with Gasteiger partial charge in [0.2, 0.25) is 59.1 Å². The van der Waals surface area contributed by atoms with Gasteiger partial charge in [0, 0.05) is 20.4 Å². The highest BCUT2D eigenvalue weighted by atomic mass is 16.7. The first-order valence-corrected chi connectivity index (χ1v) is 23.0. The molecular formula is C42H72N10O19. The summed E-state index contributed by atoms with van der Waals surface area (Å²) in [5, 5.41) is 90.4. The summed E-state index contributed by atoms with van der Waals surface area (Å²) in [6.45, 7) is 7.56. The van der Waals surface area contributed by atoms with Gasteiger partial charge >= 0.3 is 0 Å². The summed E-state index contributed by atoms with van der Waals surface area (Å²) >= 11 is 0. The van der Waals surface area contributed by atoms with E-state index in [4.69, 9.17) is 15.2 Å². The van der Waals surface area contributed by atoms with E-state index in [2.05, 4.69) is 42.5 Å². The second-order valence-electron chi connectivity index (χ2n) is 17.6. The van der Waals surface area contributed by atoms with Crippen LogP contribution >= 0.6 is 0 Å². The summed E-state index contributed by atoms with van der Waals surface area (Å²) in [5.74, 6) is -10.5. The average molecular weight is 1020 g/mol. The molecule has 0 aromatic carbocycles. The second-order valence-corrected chi connectivity index (χ2v) is 17.6. The first kappa shape index (κ1) is 61.5. The summed E-state index contributed by atoms with van der Waals surface area (Å²) in [4.78, 5) is 132. The Balaban J connectivity index is 2.44. The number of nitrogens with two attached hydrogens (primary N) is 1. The van der Waals surface area contributed by atoms with Gasteiger partial charge in [0.25, 0.3) is 0 Å². The molecule has 2 rings (SSSR count). The van der Waals surface area contributed by atoms with E-state index in [-0.39, 0.29) is 19.4 Å². The van der Waals surface area contributed by atoms with Crippen molar-refractivity contribution >= 4 is 59.1 Å². The van der Waals surface area contributed by atoms with E-state index in [1.807, 2.05) is 0 Å². The third-order valence-corrected chi connectivity index (χ3v) is 11.9. The molecule has 0 saturated carbocycles. The predicted octanol–water partition coefficient (Wildman–Crippen LogP) is -8.96. The van der Waals surface area contributed by atoms with Gasteiger partial charge in [-0.15, -0.1) is 0 Å². The number of likely N-dealkylation sites (tertiary alicyclic amines) is 1. The van der Waals surface area contributed by atoms with Gasteiger partial charge in [-0.2, -0.15) is 0 Å². The quantitative estimate of drug-likeness (QED) is 0.0383. The molecule has 29 nitrogen and oxygen atoms in total. The molecule has 10 amide bonds. The van der Waals surface area contributed by atoms with E-state index in [9.17, 15) is 83.7 Å². The second kappa shape index (κ2) is 28.4. The number of nitrogens with one attached hydrogen (secondary N) is 8. The monoisotopic (exact) mass is 1020 g/mol. The highest BCUT2D eigenvalue weighted by Crippen LogP contribution is 2.24. The lowest BCUT2D eigenvalue weighted by atomic mass is 9.96. The molecule has 0 aliphatic carbocycles. The highest BCUT2D eigenvalue weighted by molar-refractivity contribution is 5.98. The molecule has 17 N–H and O–H groups in total. The van der Waals surface area contributed by atoms with Crippen LogP contribution in [0.2, 0.25) is 0 Å². The molecule has 2 saturated heterocycles. The van der Waals surface area contributed by atoms with Crippen molar-refractivity contribution in [3.05, 3.63) is 0 Å². The highest BCUT2D eigenvalue weighted by Gasteiger charge is 2.47. The number of amides is 10. The number of hydrogen-bond donors (Lipinski definition) is 16. The van der Waals surface area contributed by atoms with Crippen LogP contribution in [-0.2, 0) is 57.4 Å². The van der Waals surface area contributed by atoms with E-state index in [1.165, 1.54) is 18.7 Å². The zero-order chi connectivity index (χ0) is 54.2. The molecule has 2 fully saturated rings. The first-order valence-electron chi connectivity index (χ1n) is 23.0. The van der Waals surface area contributed by atoms with Crippen molar-refractivity contribution in [3.63, 3.8) is 0 Å². The molecule has 29 heteroatoms. The third-order valence-electron chi connectivity index (χ3n) is 11.9. The number of ether oxygens (including phenoxy) is 2. The van der Waals surface area contributed by atoms with Crippen LogP contribution in [0.3, 0.4) is 0 Å². The Labute approximate surface area is 409 Å². The van der Waals surface area contributed by atoms with Gasteiger partial charge in [0.05, 0.1) is 44.2 Å². The molecule has 2 aliphatic rings. The summed E-state index contributed by atoms with van der Waals surface area (Å²) in [6.07, 6.45) is -12.3. The Morgan fingerprint density at radius 1 is 0.704 bits per heavy atom. The smallest absolute Gasteiger partial charge is 0.245 e. The van der Waals surface area contributed by atoms with Gasteiger partial charge in [0.15, 0.2) is 6.29 Å². The lowest BCUT2D eigenvalue weighted by molar-refractivity contribution is -0.281. The van der Waals surface area contributed by atoms with Crippen LogP contribution < -0.4 is 48.3 Å². The van der Waals surface area contributed by atoms with Crippen LogP contribution in [0, 0.1) is 5.92 Å². The molecular weight excluding hydrogens is 949 g/mol. The van der Waals surface area contributed by atoms with Crippen LogP contribution in [0.1, 0.15) is 74.7 Å². The van der Waals surface area contributed by atoms with E-state index in [1.54, 1.807) is 13.8 Å². The summed E-state index contributed by atoms with van der Waals surface area (Å²) in [7, 11) is 0. The molecule has 2 heterocycles. The maximum atomic E-state index is 14.1. The van der Waals surface area contributed by atoms with E-state index in [0.29, 0.717) is 6.42 Å². The fourth-order valence-corrected chi connectivity index (χ4v) is 7.58. The van der Waals surface area contributed by atoms with Gasteiger partial charge in [-0.05, 0) is 46.5 Å². The zero-order valence-electron chi connectivity index (χ0n) is 40.8. The lowest BCUT2D eigenvalue weighted by Gasteiger charge is -2.43. The summed E-state index contributed by atoms with van der Waals surface area (Å²) in [5.41, 5.74) is 5.22. The first-order chi connectivity index (χ1) is 33.1. The van der Waals surface area contributed by atoms with Crippen LogP contribution in [0.4, 0.5) is 0 Å². The molecule has 17 atom stereocenters. The topological polar surface area (TPSA) is 456 Å². The molecule has 0 unspecified atom stereocenters. The maximum absolute atomic E-state index is 14.1. The minimum Gasteiger partial charge on any atom is -0.394 e. The van der Waals surface area contributed by atoms with Crippen LogP contribution in [0.25, 0.3) is 0 Å². The number of nitrogens with zero attached hydrogens (tertiary/aromatic N) is 1. The number of carbonyl (C=O) groups excluding carboxylic acids is 10. The van der Waals surface area contributed by atoms with Gasteiger partial charge in [0.1, 0.15) is 66.6 Å². The lowest BCUT2D eigenvalue weighted by Crippen LogP contribution is -2.66. The number of rotatable bonds is 26. The Morgan fingerprint density at radius 3 is 1.73 bits per heavy atom. The minimum atomic E-state index is -1.96. The normalized spacial score (nSPS) is 24.6. The van der Waals surface area contributed by atoms with Crippen molar-refractivity contribution in [2.75, 3.05) is 26.3 Å². The number of carbonyl (C=O) groups is 10. The van der Waals surface area contributed by atoms with Crippen LogP contribution in [0.15, 0.2) is 0 Å². The van der Waals surface area contributed by atoms with Crippen molar-refractivity contribution in [2.24, 2.45) is 11.7 Å². The Hall–Kier alpha value is -5.66. The summed E-state index contributed by atoms with van der Waals surface area (Å²) < 4.78 is 11.5. The standard InChI is InChI=1S/C42H72N10O19/c1-9-16(2)27(39(67)46-23(14-53)36(64)48-28(17(3)55)35(43)63)47-26(60)13-44-38(66)31(20(6)70-42-32(45-21(7)58)34(62)33(61)25(15-54)71-42)51-41(69)30(19(5)57)50-40(68)29(18(4)56)49-37(65)24-11-10-12-52(24)22(8)59/h16-20,23-25,27-34,42,53-57,61-62H,9-15H2,1-8H3,(H2,43,63)(H,44,66)(H,45,58)(H,46,67)(H,47,60)(H,48,64)(H,49,65)(H,50,68)(H,51,69)/t16-,17+,18+,19+,20+,23-,24-,25+,27-,28-,29-,30-,31-,32+,33-,34+,42-/m0/s1. The van der Waals surface area contributed by atoms with Gasteiger partial charge in [-0.25, -0.2) is 0 Å². The fraction of sp³-hybridized carbons (Fsp3) is 0.762. The van der Waals surface area contributed by atoms with E-state index < -0.39 is 182 Å². The predicted molar refractivity (Wildman–Crippen MR) is 242 cm³/mol. The Bertz CT molecular complexity index is 1890. The molecule has 2 aliphatic heterocycles. The van der Waals surface area contributed by atoms with Crippen molar-refractivity contribution in [1.29, 1.82) is 0 Å². The van der Waals surface area contributed by atoms with E-state index >= 15 is 0 Å².